The molecule has 1 aliphatic carbocycles. The van der Waals surface area contributed by atoms with E-state index in [2.05, 4.69) is 4.98 Å². The standard InChI is InChI=1S/C21H31N3O4/c1-15-19(21(26)24-10-12-27-13-11-24)22-20(28-15)17-6-8-23(9-7-17)18(25)14-16-4-2-3-5-16/h16-17H,2-14H2,1H3. The minimum absolute atomic E-state index is 0.0695. The van der Waals surface area contributed by atoms with Gasteiger partial charge in [0.1, 0.15) is 5.76 Å². The maximum atomic E-state index is 12.7. The van der Waals surface area contributed by atoms with Gasteiger partial charge in [0.05, 0.1) is 13.2 Å². The number of morpholine rings is 1. The summed E-state index contributed by atoms with van der Waals surface area (Å²) in [7, 11) is 0. The van der Waals surface area contributed by atoms with Gasteiger partial charge >= 0.3 is 0 Å². The van der Waals surface area contributed by atoms with Gasteiger partial charge in [-0.15, -0.1) is 0 Å². The minimum Gasteiger partial charge on any atom is -0.445 e. The molecule has 0 unspecified atom stereocenters. The van der Waals surface area contributed by atoms with E-state index >= 15 is 0 Å². The third kappa shape index (κ3) is 4.24. The third-order valence-electron chi connectivity index (χ3n) is 6.45. The van der Waals surface area contributed by atoms with Gasteiger partial charge in [0.15, 0.2) is 11.6 Å². The number of piperidine rings is 1. The van der Waals surface area contributed by atoms with Crippen molar-refractivity contribution in [2.75, 3.05) is 39.4 Å². The van der Waals surface area contributed by atoms with Crippen molar-refractivity contribution in [2.45, 2.75) is 57.8 Å². The van der Waals surface area contributed by atoms with Gasteiger partial charge < -0.3 is 19.0 Å². The lowest BCUT2D eigenvalue weighted by molar-refractivity contribution is -0.133. The van der Waals surface area contributed by atoms with Crippen LogP contribution in [0.25, 0.3) is 0 Å². The molecule has 1 aromatic heterocycles. The summed E-state index contributed by atoms with van der Waals surface area (Å²) in [6.45, 7) is 5.66. The number of ether oxygens (including phenoxy) is 1. The molecule has 1 aromatic rings. The zero-order chi connectivity index (χ0) is 19.5. The first-order valence-electron chi connectivity index (χ1n) is 10.7. The van der Waals surface area contributed by atoms with Crippen LogP contribution in [0.15, 0.2) is 4.42 Å². The molecule has 3 fully saturated rings. The topological polar surface area (TPSA) is 75.9 Å². The molecule has 0 aromatic carbocycles. The number of amides is 2. The molecule has 0 bridgehead atoms. The van der Waals surface area contributed by atoms with Gasteiger partial charge in [-0.05, 0) is 38.5 Å². The number of rotatable bonds is 4. The van der Waals surface area contributed by atoms with Crippen LogP contribution in [0.4, 0.5) is 0 Å². The van der Waals surface area contributed by atoms with E-state index < -0.39 is 0 Å². The van der Waals surface area contributed by atoms with Crippen LogP contribution in [0.3, 0.4) is 0 Å². The number of likely N-dealkylation sites (tertiary alicyclic amines) is 1. The SMILES string of the molecule is Cc1oc(C2CCN(C(=O)CC3CCCC3)CC2)nc1C(=O)N1CCOCC1. The normalized spacial score (nSPS) is 22.0. The fourth-order valence-electron chi connectivity index (χ4n) is 4.67. The lowest BCUT2D eigenvalue weighted by atomic mass is 9.95. The van der Waals surface area contributed by atoms with Crippen molar-refractivity contribution < 1.29 is 18.7 Å². The van der Waals surface area contributed by atoms with Gasteiger partial charge in [0.25, 0.3) is 5.91 Å². The molecule has 2 amide bonds. The Kier molecular flexibility index (Phi) is 5.99. The summed E-state index contributed by atoms with van der Waals surface area (Å²) in [6, 6.07) is 0. The quantitative estimate of drug-likeness (QED) is 0.791. The van der Waals surface area contributed by atoms with Gasteiger partial charge in [0, 0.05) is 38.5 Å². The molecule has 0 spiro atoms. The summed E-state index contributed by atoms with van der Waals surface area (Å²) >= 11 is 0. The number of oxazole rings is 1. The summed E-state index contributed by atoms with van der Waals surface area (Å²) < 4.78 is 11.2. The van der Waals surface area contributed by atoms with Crippen LogP contribution in [0.2, 0.25) is 0 Å². The van der Waals surface area contributed by atoms with Gasteiger partial charge in [-0.3, -0.25) is 9.59 Å². The number of aromatic nitrogens is 1. The molecule has 28 heavy (non-hydrogen) atoms. The van der Waals surface area contributed by atoms with Crippen molar-refractivity contribution in [3.63, 3.8) is 0 Å². The monoisotopic (exact) mass is 389 g/mol. The molecule has 2 saturated heterocycles. The average Bonchev–Trinajstić information content (AvgIpc) is 3.38. The van der Waals surface area contributed by atoms with Crippen LogP contribution in [0.5, 0.6) is 0 Å². The Labute approximate surface area is 166 Å². The minimum atomic E-state index is -0.0695. The Morgan fingerprint density at radius 2 is 1.68 bits per heavy atom. The molecular formula is C21H31N3O4. The zero-order valence-corrected chi connectivity index (χ0v) is 16.8. The van der Waals surface area contributed by atoms with Crippen molar-refractivity contribution in [1.82, 2.24) is 14.8 Å². The summed E-state index contributed by atoms with van der Waals surface area (Å²) in [6.07, 6.45) is 7.36. The highest BCUT2D eigenvalue weighted by Crippen LogP contribution is 2.32. The van der Waals surface area contributed by atoms with Crippen molar-refractivity contribution in [2.24, 2.45) is 5.92 Å². The maximum Gasteiger partial charge on any atom is 0.276 e. The molecule has 7 nitrogen and oxygen atoms in total. The second-order valence-corrected chi connectivity index (χ2v) is 8.37. The predicted octanol–water partition coefficient (Wildman–Crippen LogP) is 2.74. The first kappa shape index (κ1) is 19.4. The van der Waals surface area contributed by atoms with Gasteiger partial charge in [0.2, 0.25) is 5.91 Å². The zero-order valence-electron chi connectivity index (χ0n) is 16.8. The maximum absolute atomic E-state index is 12.7. The first-order valence-corrected chi connectivity index (χ1v) is 10.7. The molecule has 154 valence electrons. The second-order valence-electron chi connectivity index (χ2n) is 8.37. The van der Waals surface area contributed by atoms with Crippen LogP contribution in [0, 0.1) is 12.8 Å². The summed E-state index contributed by atoms with van der Waals surface area (Å²) in [5, 5.41) is 0. The highest BCUT2D eigenvalue weighted by Gasteiger charge is 2.31. The lowest BCUT2D eigenvalue weighted by Gasteiger charge is -2.31. The van der Waals surface area contributed by atoms with E-state index in [1.54, 1.807) is 4.90 Å². The molecule has 7 heteroatoms. The van der Waals surface area contributed by atoms with E-state index in [-0.39, 0.29) is 11.8 Å². The Bertz CT molecular complexity index is 697. The van der Waals surface area contributed by atoms with E-state index in [9.17, 15) is 9.59 Å². The molecule has 0 N–H and O–H groups in total. The fraction of sp³-hybridized carbons (Fsp3) is 0.762. The first-order chi connectivity index (χ1) is 13.6. The van der Waals surface area contributed by atoms with Crippen molar-refractivity contribution in [3.05, 3.63) is 17.3 Å². The van der Waals surface area contributed by atoms with Crippen LogP contribution >= 0.6 is 0 Å². The van der Waals surface area contributed by atoms with E-state index in [1.165, 1.54) is 25.7 Å². The largest absolute Gasteiger partial charge is 0.445 e. The Balaban J connectivity index is 1.33. The molecule has 0 atom stereocenters. The average molecular weight is 389 g/mol. The number of nitrogens with zero attached hydrogens (tertiary/aromatic N) is 3. The third-order valence-corrected chi connectivity index (χ3v) is 6.45. The Morgan fingerprint density at radius 3 is 2.36 bits per heavy atom. The van der Waals surface area contributed by atoms with Crippen molar-refractivity contribution >= 4 is 11.8 Å². The summed E-state index contributed by atoms with van der Waals surface area (Å²) in [5.41, 5.74) is 0.427. The van der Waals surface area contributed by atoms with E-state index in [4.69, 9.17) is 9.15 Å². The van der Waals surface area contributed by atoms with Gasteiger partial charge in [-0.2, -0.15) is 0 Å². The van der Waals surface area contributed by atoms with Crippen LogP contribution < -0.4 is 0 Å². The number of carbonyl (C=O) groups excluding carboxylic acids is 2. The number of carbonyl (C=O) groups is 2. The highest BCUT2D eigenvalue weighted by molar-refractivity contribution is 5.93. The number of hydrogen-bond donors (Lipinski definition) is 0. The van der Waals surface area contributed by atoms with Crippen molar-refractivity contribution in [1.29, 1.82) is 0 Å². The van der Waals surface area contributed by atoms with Crippen molar-refractivity contribution in [3.8, 4) is 0 Å². The predicted molar refractivity (Wildman–Crippen MR) is 103 cm³/mol. The summed E-state index contributed by atoms with van der Waals surface area (Å²) in [5.74, 6) is 2.24. The van der Waals surface area contributed by atoms with Gasteiger partial charge in [-0.1, -0.05) is 12.8 Å². The highest BCUT2D eigenvalue weighted by atomic mass is 16.5. The second kappa shape index (κ2) is 8.64. The molecule has 1 saturated carbocycles. The van der Waals surface area contributed by atoms with Crippen LogP contribution in [0.1, 0.15) is 73.0 Å². The summed E-state index contributed by atoms with van der Waals surface area (Å²) in [4.78, 5) is 33.6. The Hall–Kier alpha value is -1.89. The number of aryl methyl sites for hydroxylation is 1. The van der Waals surface area contributed by atoms with Gasteiger partial charge in [-0.25, -0.2) is 4.98 Å². The molecule has 4 rings (SSSR count). The van der Waals surface area contributed by atoms with E-state index in [0.29, 0.717) is 61.9 Å². The molecule has 0 radical (unpaired) electrons. The molecular weight excluding hydrogens is 358 g/mol. The number of hydrogen-bond acceptors (Lipinski definition) is 5. The fourth-order valence-corrected chi connectivity index (χ4v) is 4.67. The van der Waals surface area contributed by atoms with E-state index in [1.807, 2.05) is 11.8 Å². The molecule has 3 aliphatic rings. The Morgan fingerprint density at radius 1 is 1.00 bits per heavy atom. The van der Waals surface area contributed by atoms with Crippen LogP contribution in [-0.4, -0.2) is 66.0 Å². The smallest absolute Gasteiger partial charge is 0.276 e. The lowest BCUT2D eigenvalue weighted by Crippen LogP contribution is -2.41. The molecule has 3 heterocycles. The molecule has 2 aliphatic heterocycles. The van der Waals surface area contributed by atoms with Crippen LogP contribution in [-0.2, 0) is 9.53 Å². The van der Waals surface area contributed by atoms with E-state index in [0.717, 1.165) is 25.9 Å².